The number of hydrogen-bond donors (Lipinski definition) is 4. The maximum atomic E-state index is 15.4. The minimum atomic E-state index is -1.40. The number of halogens is 1. The largest absolute Gasteiger partial charge is 0.477 e. The highest BCUT2D eigenvalue weighted by Crippen LogP contribution is 2.44. The summed E-state index contributed by atoms with van der Waals surface area (Å²) in [7, 11) is 1.67. The molecule has 1 aromatic carbocycles. The number of carboxylic acid groups (broad SMARTS) is 1. The summed E-state index contributed by atoms with van der Waals surface area (Å²) in [4.78, 5) is 26.1. The fraction of sp³-hybridized carbons (Fsp3) is 0.375. The number of piperazine rings is 1. The number of carboxylic acids is 1. The maximum absolute atomic E-state index is 15.4. The van der Waals surface area contributed by atoms with Crippen LogP contribution < -0.4 is 36.7 Å². The number of nitrogens with one attached hydrogen (secondary N) is 2. The minimum Gasteiger partial charge on any atom is -0.477 e. The van der Waals surface area contributed by atoms with Gasteiger partial charge in [-0.3, -0.25) is 20.3 Å². The standard InChI is InChI=1S/C16H19FN6O4/c1-21-7-27-15-12-9(14(24)8(16(25)26)6-23(12)21)11(20-18)10(17)13(15)22-4-2-19-3-5-22/h6,19-20H,2-5,7,18H2,1H3,(H,25,26). The van der Waals surface area contributed by atoms with Crippen molar-refractivity contribution in [1.29, 1.82) is 0 Å². The Morgan fingerprint density at radius 3 is 2.74 bits per heavy atom. The van der Waals surface area contributed by atoms with Gasteiger partial charge in [-0.05, 0) is 0 Å². The number of hydrogen-bond acceptors (Lipinski definition) is 8. The molecule has 2 aromatic rings. The second-order valence-corrected chi connectivity index (χ2v) is 6.42. The van der Waals surface area contributed by atoms with Crippen molar-refractivity contribution in [3.8, 4) is 5.75 Å². The molecule has 4 rings (SSSR count). The molecule has 2 aliphatic rings. The van der Waals surface area contributed by atoms with E-state index in [0.29, 0.717) is 26.2 Å². The molecule has 5 N–H and O–H groups in total. The quantitative estimate of drug-likeness (QED) is 0.411. The van der Waals surface area contributed by atoms with Crippen LogP contribution >= 0.6 is 0 Å². The van der Waals surface area contributed by atoms with Crippen LogP contribution in [-0.4, -0.2) is 55.7 Å². The number of pyridine rings is 1. The fourth-order valence-corrected chi connectivity index (χ4v) is 3.58. The van der Waals surface area contributed by atoms with E-state index in [2.05, 4.69) is 10.7 Å². The molecule has 0 saturated carbocycles. The van der Waals surface area contributed by atoms with E-state index in [0.717, 1.165) is 0 Å². The topological polar surface area (TPSA) is 125 Å². The lowest BCUT2D eigenvalue weighted by atomic mass is 10.1. The van der Waals surface area contributed by atoms with E-state index in [1.54, 1.807) is 12.1 Å². The predicted molar refractivity (Wildman–Crippen MR) is 97.7 cm³/mol. The Morgan fingerprint density at radius 1 is 1.41 bits per heavy atom. The molecule has 0 amide bonds. The molecule has 0 spiro atoms. The van der Waals surface area contributed by atoms with Crippen molar-refractivity contribution in [2.75, 3.05) is 55.3 Å². The molecule has 27 heavy (non-hydrogen) atoms. The predicted octanol–water partition coefficient (Wildman–Crippen LogP) is -0.548. The van der Waals surface area contributed by atoms with E-state index in [1.807, 2.05) is 4.90 Å². The number of anilines is 2. The van der Waals surface area contributed by atoms with Crippen LogP contribution in [0, 0.1) is 5.82 Å². The number of nitrogen functional groups attached to an aromatic ring is 1. The number of rotatable bonds is 3. The third-order valence-electron chi connectivity index (χ3n) is 4.87. The number of nitrogens with two attached hydrogens (primary N) is 1. The zero-order valence-electron chi connectivity index (χ0n) is 14.6. The maximum Gasteiger partial charge on any atom is 0.341 e. The lowest BCUT2D eigenvalue weighted by Gasteiger charge is -2.36. The van der Waals surface area contributed by atoms with Gasteiger partial charge < -0.3 is 25.5 Å². The Kier molecular flexibility index (Phi) is 4.04. The van der Waals surface area contributed by atoms with Crippen molar-refractivity contribution in [3.63, 3.8) is 0 Å². The fourth-order valence-electron chi connectivity index (χ4n) is 3.58. The van der Waals surface area contributed by atoms with Crippen LogP contribution in [0.15, 0.2) is 11.0 Å². The van der Waals surface area contributed by atoms with Gasteiger partial charge in [0.25, 0.3) is 0 Å². The Morgan fingerprint density at radius 2 is 2.11 bits per heavy atom. The molecule has 1 aromatic heterocycles. The Balaban J connectivity index is 2.15. The highest BCUT2D eigenvalue weighted by Gasteiger charge is 2.33. The molecule has 3 heterocycles. The number of carbonyl (C=O) groups is 1. The van der Waals surface area contributed by atoms with E-state index in [9.17, 15) is 14.7 Å². The normalized spacial score (nSPS) is 16.4. The molecule has 2 aliphatic heterocycles. The van der Waals surface area contributed by atoms with Crippen molar-refractivity contribution >= 4 is 28.2 Å². The average molecular weight is 378 g/mol. The summed E-state index contributed by atoms with van der Waals surface area (Å²) < 4.78 is 22.7. The van der Waals surface area contributed by atoms with Crippen molar-refractivity contribution in [3.05, 3.63) is 27.8 Å². The molecule has 0 bridgehead atoms. The lowest BCUT2D eigenvalue weighted by Crippen LogP contribution is -2.45. The number of benzene rings is 1. The van der Waals surface area contributed by atoms with Crippen LogP contribution in [0.25, 0.3) is 10.9 Å². The van der Waals surface area contributed by atoms with Gasteiger partial charge in [0.15, 0.2) is 18.3 Å². The van der Waals surface area contributed by atoms with Crippen LogP contribution in [-0.2, 0) is 0 Å². The summed E-state index contributed by atoms with van der Waals surface area (Å²) in [6.45, 7) is 2.52. The molecule has 1 fully saturated rings. The summed E-state index contributed by atoms with van der Waals surface area (Å²) in [6, 6.07) is 0. The molecular weight excluding hydrogens is 359 g/mol. The molecule has 0 radical (unpaired) electrons. The molecule has 0 unspecified atom stereocenters. The molecular formula is C16H19FN6O4. The van der Waals surface area contributed by atoms with E-state index in [4.69, 9.17) is 10.6 Å². The van der Waals surface area contributed by atoms with Gasteiger partial charge in [-0.25, -0.2) is 9.18 Å². The van der Waals surface area contributed by atoms with E-state index in [1.165, 1.54) is 10.9 Å². The second kappa shape index (κ2) is 6.28. The van der Waals surface area contributed by atoms with Crippen molar-refractivity contribution in [2.24, 2.45) is 5.84 Å². The number of aromatic carboxylic acids is 1. The number of ether oxygens (including phenoxy) is 1. The zero-order valence-corrected chi connectivity index (χ0v) is 14.6. The second-order valence-electron chi connectivity index (χ2n) is 6.42. The third-order valence-corrected chi connectivity index (χ3v) is 4.87. The SMILES string of the molecule is CN1COc2c(N3CCNCC3)c(F)c(NN)c3c(=O)c(C(=O)O)cn1c23. The van der Waals surface area contributed by atoms with Gasteiger partial charge >= 0.3 is 5.97 Å². The number of aromatic nitrogens is 1. The van der Waals surface area contributed by atoms with Gasteiger partial charge in [0, 0.05) is 39.4 Å². The monoisotopic (exact) mass is 378 g/mol. The molecule has 11 heteroatoms. The summed E-state index contributed by atoms with van der Waals surface area (Å²) >= 11 is 0. The first kappa shape index (κ1) is 17.4. The van der Waals surface area contributed by atoms with Gasteiger partial charge in [-0.1, -0.05) is 0 Å². The van der Waals surface area contributed by atoms with E-state index < -0.39 is 22.8 Å². The Bertz CT molecular complexity index is 1000. The van der Waals surface area contributed by atoms with Crippen LogP contribution in [0.5, 0.6) is 5.75 Å². The molecule has 10 nitrogen and oxygen atoms in total. The average Bonchev–Trinajstić information content (AvgIpc) is 2.66. The van der Waals surface area contributed by atoms with Crippen molar-refractivity contribution in [1.82, 2.24) is 9.99 Å². The zero-order chi connectivity index (χ0) is 19.3. The highest BCUT2D eigenvalue weighted by atomic mass is 19.1. The number of nitrogens with zero attached hydrogens (tertiary/aromatic N) is 3. The summed E-state index contributed by atoms with van der Waals surface area (Å²) in [6.07, 6.45) is 1.22. The first-order valence-electron chi connectivity index (χ1n) is 8.40. The first-order chi connectivity index (χ1) is 13.0. The van der Waals surface area contributed by atoms with E-state index in [-0.39, 0.29) is 34.8 Å². The molecule has 1 saturated heterocycles. The van der Waals surface area contributed by atoms with Crippen molar-refractivity contribution in [2.45, 2.75) is 0 Å². The van der Waals surface area contributed by atoms with Gasteiger partial charge in [0.05, 0.1) is 5.39 Å². The van der Waals surface area contributed by atoms with E-state index >= 15 is 4.39 Å². The van der Waals surface area contributed by atoms with Gasteiger partial charge in [-0.15, -0.1) is 0 Å². The summed E-state index contributed by atoms with van der Waals surface area (Å²) in [5, 5.41) is 14.0. The Labute approximate surface area is 152 Å². The molecule has 0 atom stereocenters. The number of hydrazine groups is 1. The van der Waals surface area contributed by atoms with Gasteiger partial charge in [0.1, 0.15) is 22.5 Å². The minimum absolute atomic E-state index is 0.0674. The smallest absolute Gasteiger partial charge is 0.341 e. The first-order valence-corrected chi connectivity index (χ1v) is 8.40. The van der Waals surface area contributed by atoms with Crippen molar-refractivity contribution < 1.29 is 19.0 Å². The highest BCUT2D eigenvalue weighted by molar-refractivity contribution is 6.04. The summed E-state index contributed by atoms with van der Waals surface area (Å²) in [5.74, 6) is 3.60. The Hall–Kier alpha value is -3.05. The van der Waals surface area contributed by atoms with Crippen LogP contribution in [0.2, 0.25) is 0 Å². The summed E-state index contributed by atoms with van der Waals surface area (Å²) in [5.41, 5.74) is 1.18. The third kappa shape index (κ3) is 2.46. The van der Waals surface area contributed by atoms with Gasteiger partial charge in [-0.2, -0.15) is 0 Å². The van der Waals surface area contributed by atoms with Gasteiger partial charge in [0.2, 0.25) is 5.43 Å². The van der Waals surface area contributed by atoms with Crippen LogP contribution in [0.1, 0.15) is 10.4 Å². The van der Waals surface area contributed by atoms with Crippen LogP contribution in [0.4, 0.5) is 15.8 Å². The molecule has 144 valence electrons. The lowest BCUT2D eigenvalue weighted by molar-refractivity contribution is 0.0694. The molecule has 0 aliphatic carbocycles. The van der Waals surface area contributed by atoms with Crippen LogP contribution in [0.3, 0.4) is 0 Å².